The molecule has 0 bridgehead atoms. The minimum atomic E-state index is -5.11. The highest BCUT2D eigenvalue weighted by Crippen LogP contribution is 2.41. The van der Waals surface area contributed by atoms with Gasteiger partial charge in [-0.3, -0.25) is 4.79 Å². The molecule has 256 valence electrons. The number of likely N-dealkylation sites (N-methyl/N-ethyl adjacent to an activating group) is 1. The lowest BCUT2D eigenvalue weighted by atomic mass is 9.81. The van der Waals surface area contributed by atoms with Gasteiger partial charge < -0.3 is 9.80 Å². The highest BCUT2D eigenvalue weighted by Gasteiger charge is 2.41. The van der Waals surface area contributed by atoms with Crippen molar-refractivity contribution in [1.82, 2.24) is 9.29 Å². The zero-order chi connectivity index (χ0) is 35.3. The van der Waals surface area contributed by atoms with Crippen LogP contribution >= 0.6 is 11.6 Å². The Labute approximate surface area is 273 Å². The summed E-state index contributed by atoms with van der Waals surface area (Å²) < 4.78 is 122. The fraction of sp³-hybridized carbons (Fsp3) is 0.419. The van der Waals surface area contributed by atoms with Crippen LogP contribution in [0, 0.1) is 12.7 Å². The number of alkyl halides is 7. The number of carbonyl (C=O) groups is 1. The van der Waals surface area contributed by atoms with Gasteiger partial charge in [0.1, 0.15) is 16.8 Å². The van der Waals surface area contributed by atoms with Crippen molar-refractivity contribution >= 4 is 39.0 Å². The molecule has 4 rings (SSSR count). The van der Waals surface area contributed by atoms with Gasteiger partial charge in [-0.1, -0.05) is 6.07 Å². The topological polar surface area (TPSA) is 73.8 Å². The third-order valence-corrected chi connectivity index (χ3v) is 10.6. The van der Waals surface area contributed by atoms with Gasteiger partial charge in [0.2, 0.25) is 15.9 Å². The van der Waals surface area contributed by atoms with Crippen LogP contribution in [0.1, 0.15) is 43.0 Å². The van der Waals surface area contributed by atoms with Gasteiger partial charge in [-0.25, -0.2) is 17.8 Å². The van der Waals surface area contributed by atoms with Crippen molar-refractivity contribution in [3.05, 3.63) is 76.7 Å². The van der Waals surface area contributed by atoms with Crippen LogP contribution in [0.4, 0.5) is 42.2 Å². The van der Waals surface area contributed by atoms with Crippen molar-refractivity contribution in [3.63, 3.8) is 0 Å². The van der Waals surface area contributed by atoms with Gasteiger partial charge in [0.15, 0.2) is 0 Å². The fourth-order valence-corrected chi connectivity index (χ4v) is 7.09. The van der Waals surface area contributed by atoms with Gasteiger partial charge in [-0.05, 0) is 80.8 Å². The standard InChI is InChI=1S/C31H32ClF7N4O3S/c1-18-10-23(33)6-7-24(18)25-14-27(42-8-9-43(19(2)16-42)47(45,46)17-32)40-15-26(25)41(5)28(44)29(3,4)20-11-21(30(34,35)36)13-22(12-20)31(37,38)39/h6-7,10-15,19H,8-9,16-17H2,1-5H3/t19-/m0/s1. The molecule has 3 aromatic rings. The molecule has 47 heavy (non-hydrogen) atoms. The first-order valence-corrected chi connectivity index (χ1v) is 16.4. The molecule has 1 aliphatic rings. The molecule has 0 spiro atoms. The Morgan fingerprint density at radius 2 is 1.53 bits per heavy atom. The van der Waals surface area contributed by atoms with E-state index in [1.165, 1.54) is 49.6 Å². The van der Waals surface area contributed by atoms with Crippen molar-refractivity contribution in [2.24, 2.45) is 0 Å². The van der Waals surface area contributed by atoms with Crippen molar-refractivity contribution in [2.45, 2.75) is 51.5 Å². The van der Waals surface area contributed by atoms with Crippen LogP contribution in [0.15, 0.2) is 48.7 Å². The second kappa shape index (κ2) is 12.9. The van der Waals surface area contributed by atoms with Crippen LogP contribution in [0.25, 0.3) is 11.1 Å². The van der Waals surface area contributed by atoms with Crippen LogP contribution in [0.3, 0.4) is 0 Å². The van der Waals surface area contributed by atoms with Crippen LogP contribution in [0.5, 0.6) is 0 Å². The molecule has 0 N–H and O–H groups in total. The van der Waals surface area contributed by atoms with E-state index in [1.807, 2.05) is 4.90 Å². The molecule has 16 heteroatoms. The Morgan fingerprint density at radius 1 is 0.957 bits per heavy atom. The summed E-state index contributed by atoms with van der Waals surface area (Å²) in [6, 6.07) is 6.16. The number of aryl methyl sites for hydroxylation is 1. The number of hydrogen-bond donors (Lipinski definition) is 0. The SMILES string of the molecule is Cc1cc(F)ccc1-c1cc(N2CCN(S(=O)(=O)CCl)[C@@H](C)C2)ncc1N(C)C(=O)C(C)(C)c1cc(C(F)(F)F)cc(C(F)(F)F)c1. The number of benzene rings is 2. The number of rotatable bonds is 7. The number of aromatic nitrogens is 1. The second-order valence-electron chi connectivity index (χ2n) is 11.9. The summed E-state index contributed by atoms with van der Waals surface area (Å²) in [6.07, 6.45) is -8.88. The highest BCUT2D eigenvalue weighted by molar-refractivity contribution is 7.90. The molecule has 1 fully saturated rings. The molecule has 7 nitrogen and oxygen atoms in total. The minimum absolute atomic E-state index is 0.00237. The Balaban J connectivity index is 1.79. The predicted octanol–water partition coefficient (Wildman–Crippen LogP) is 7.21. The Morgan fingerprint density at radius 3 is 2.04 bits per heavy atom. The maximum Gasteiger partial charge on any atom is 0.416 e. The number of sulfonamides is 1. The van der Waals surface area contributed by atoms with Crippen molar-refractivity contribution in [2.75, 3.05) is 41.7 Å². The van der Waals surface area contributed by atoms with Crippen molar-refractivity contribution < 1.29 is 43.9 Å². The first kappa shape index (κ1) is 36.4. The number of nitrogens with zero attached hydrogens (tertiary/aromatic N) is 4. The molecule has 0 aliphatic carbocycles. The summed E-state index contributed by atoms with van der Waals surface area (Å²) in [5.41, 5.74) is -3.99. The van der Waals surface area contributed by atoms with Crippen LogP contribution in [-0.2, 0) is 32.6 Å². The molecule has 1 amide bonds. The maximum atomic E-state index is 14.1. The molecule has 0 unspecified atom stereocenters. The summed E-state index contributed by atoms with van der Waals surface area (Å²) in [7, 11) is -2.36. The van der Waals surface area contributed by atoms with E-state index in [9.17, 15) is 43.9 Å². The first-order chi connectivity index (χ1) is 21.6. The van der Waals surface area contributed by atoms with Crippen LogP contribution in [-0.4, -0.2) is 61.5 Å². The maximum absolute atomic E-state index is 14.1. The van der Waals surface area contributed by atoms with Gasteiger partial charge in [0, 0.05) is 38.3 Å². The van der Waals surface area contributed by atoms with Gasteiger partial charge in [-0.2, -0.15) is 30.6 Å². The van der Waals surface area contributed by atoms with E-state index in [0.29, 0.717) is 34.6 Å². The number of amides is 1. The van der Waals surface area contributed by atoms with Gasteiger partial charge in [0.05, 0.1) is 28.4 Å². The van der Waals surface area contributed by atoms with Gasteiger partial charge >= 0.3 is 12.4 Å². The van der Waals surface area contributed by atoms with Crippen LogP contribution < -0.4 is 9.80 Å². The smallest absolute Gasteiger partial charge is 0.354 e. The Kier molecular flexibility index (Phi) is 9.98. The van der Waals surface area contributed by atoms with Crippen molar-refractivity contribution in [1.29, 1.82) is 0 Å². The lowest BCUT2D eigenvalue weighted by Gasteiger charge is -2.39. The summed E-state index contributed by atoms with van der Waals surface area (Å²) in [6.45, 7) is 6.39. The molecule has 1 aromatic heterocycles. The van der Waals surface area contributed by atoms with Gasteiger partial charge in [-0.15, -0.1) is 11.6 Å². The number of hydrogen-bond acceptors (Lipinski definition) is 5. The lowest BCUT2D eigenvalue weighted by Crippen LogP contribution is -2.54. The molecule has 2 heterocycles. The molecule has 1 saturated heterocycles. The number of anilines is 2. The van der Waals surface area contributed by atoms with Gasteiger partial charge in [0.25, 0.3) is 0 Å². The van der Waals surface area contributed by atoms with Crippen LogP contribution in [0.2, 0.25) is 0 Å². The largest absolute Gasteiger partial charge is 0.416 e. The second-order valence-corrected chi connectivity index (χ2v) is 14.4. The monoisotopic (exact) mass is 708 g/mol. The minimum Gasteiger partial charge on any atom is -0.354 e. The summed E-state index contributed by atoms with van der Waals surface area (Å²) >= 11 is 5.64. The summed E-state index contributed by atoms with van der Waals surface area (Å²) in [4.78, 5) is 21.4. The number of halogens is 8. The molecule has 0 saturated carbocycles. The zero-order valence-electron chi connectivity index (χ0n) is 26.0. The highest BCUT2D eigenvalue weighted by atomic mass is 35.5. The average molecular weight is 709 g/mol. The molecular formula is C31H32ClF7N4O3S. The first-order valence-electron chi connectivity index (χ1n) is 14.2. The number of pyridine rings is 1. The molecule has 2 aromatic carbocycles. The summed E-state index contributed by atoms with van der Waals surface area (Å²) in [5.74, 6) is -0.966. The van der Waals surface area contributed by atoms with E-state index in [-0.39, 0.29) is 31.4 Å². The normalized spacial score (nSPS) is 16.8. The number of piperazine rings is 1. The van der Waals surface area contributed by atoms with E-state index in [0.717, 1.165) is 4.90 Å². The van der Waals surface area contributed by atoms with E-state index >= 15 is 0 Å². The van der Waals surface area contributed by atoms with E-state index < -0.39 is 67.5 Å². The quantitative estimate of drug-likeness (QED) is 0.192. The lowest BCUT2D eigenvalue weighted by molar-refractivity contribution is -0.143. The fourth-order valence-electron chi connectivity index (χ4n) is 5.62. The molecule has 1 aliphatic heterocycles. The molecular weight excluding hydrogens is 677 g/mol. The van der Waals surface area contributed by atoms with E-state index in [1.54, 1.807) is 19.9 Å². The van der Waals surface area contributed by atoms with E-state index in [4.69, 9.17) is 11.6 Å². The molecule has 1 atom stereocenters. The Bertz CT molecular complexity index is 1750. The number of carbonyl (C=O) groups excluding carboxylic acids is 1. The van der Waals surface area contributed by atoms with Crippen molar-refractivity contribution in [3.8, 4) is 11.1 Å². The third kappa shape index (κ3) is 7.51. The third-order valence-electron chi connectivity index (χ3n) is 8.24. The Hall–Kier alpha value is -3.43. The molecule has 0 radical (unpaired) electrons. The zero-order valence-corrected chi connectivity index (χ0v) is 27.5. The van der Waals surface area contributed by atoms with E-state index in [2.05, 4.69) is 4.98 Å². The predicted molar refractivity (Wildman–Crippen MR) is 165 cm³/mol. The average Bonchev–Trinajstić information content (AvgIpc) is 2.98. The summed E-state index contributed by atoms with van der Waals surface area (Å²) in [5, 5.41) is -0.576.